The zero-order valence-electron chi connectivity index (χ0n) is 5.97. The average molecular weight is 180 g/mol. The van der Waals surface area contributed by atoms with Crippen LogP contribution in [0.3, 0.4) is 0 Å². The van der Waals surface area contributed by atoms with Gasteiger partial charge in [0.1, 0.15) is 12.3 Å². The van der Waals surface area contributed by atoms with Crippen molar-refractivity contribution < 1.29 is 14.7 Å². The standard InChI is InChI=1S/C4H6O.C2H4ClNO2/c5-4-2-1-3-4;3-4-1-2(5)6/h1-3H2;4H,1H2,(H,5,6). The number of Topliss-reactive ketones (excluding diaryl/α,β-unsaturated/α-hetero) is 1. The monoisotopic (exact) mass is 179 g/mol. The van der Waals surface area contributed by atoms with Crippen molar-refractivity contribution in [3.05, 3.63) is 0 Å². The predicted octanol–water partition coefficient (Wildman–Crippen LogP) is 0.554. The molecule has 0 aromatic rings. The van der Waals surface area contributed by atoms with Crippen LogP contribution in [-0.4, -0.2) is 23.4 Å². The summed E-state index contributed by atoms with van der Waals surface area (Å²) in [4.78, 5) is 21.3. The minimum atomic E-state index is -0.954. The summed E-state index contributed by atoms with van der Waals surface area (Å²) in [6.07, 6.45) is 2.83. The van der Waals surface area contributed by atoms with E-state index in [9.17, 15) is 9.59 Å². The number of carboxylic acid groups (broad SMARTS) is 1. The molecule has 0 saturated heterocycles. The number of hydrogen-bond donors (Lipinski definition) is 2. The first-order valence-electron chi connectivity index (χ1n) is 3.24. The summed E-state index contributed by atoms with van der Waals surface area (Å²) in [5, 5.41) is 7.77. The lowest BCUT2D eigenvalue weighted by Crippen LogP contribution is -2.12. The molecule has 0 amide bonds. The highest BCUT2D eigenvalue weighted by molar-refractivity contribution is 6.14. The molecule has 2 N–H and O–H groups in total. The molecule has 1 aliphatic rings. The van der Waals surface area contributed by atoms with E-state index in [0.29, 0.717) is 5.78 Å². The fourth-order valence-corrected chi connectivity index (χ4v) is 0.493. The van der Waals surface area contributed by atoms with Crippen LogP contribution in [0, 0.1) is 0 Å². The Labute approximate surface area is 69.6 Å². The lowest BCUT2D eigenvalue weighted by Gasteiger charge is -2.05. The maximum Gasteiger partial charge on any atom is 0.318 e. The molecule has 1 aliphatic carbocycles. The van der Waals surface area contributed by atoms with Crippen LogP contribution in [0.4, 0.5) is 0 Å². The van der Waals surface area contributed by atoms with Gasteiger partial charge in [-0.1, -0.05) is 0 Å². The normalized spacial score (nSPS) is 14.5. The fraction of sp³-hybridized carbons (Fsp3) is 0.667. The number of carbonyl (C=O) groups excluding carboxylic acids is 1. The highest BCUT2D eigenvalue weighted by Crippen LogP contribution is 2.10. The summed E-state index contributed by atoms with van der Waals surface area (Å²) < 4.78 is 0. The van der Waals surface area contributed by atoms with Gasteiger partial charge in [0, 0.05) is 12.8 Å². The Bertz CT molecular complexity index is 143. The molecule has 64 valence electrons. The smallest absolute Gasteiger partial charge is 0.318 e. The summed E-state index contributed by atoms with van der Waals surface area (Å²) in [7, 11) is 0. The Morgan fingerprint density at radius 2 is 2.09 bits per heavy atom. The largest absolute Gasteiger partial charge is 0.480 e. The third-order valence-corrected chi connectivity index (χ3v) is 1.26. The van der Waals surface area contributed by atoms with Gasteiger partial charge in [-0.05, 0) is 18.2 Å². The van der Waals surface area contributed by atoms with E-state index in [0.717, 1.165) is 19.3 Å². The number of rotatable bonds is 2. The molecule has 4 nitrogen and oxygen atoms in total. The van der Waals surface area contributed by atoms with Crippen molar-refractivity contribution in [2.45, 2.75) is 19.3 Å². The van der Waals surface area contributed by atoms with E-state index < -0.39 is 5.97 Å². The number of carbonyl (C=O) groups is 2. The van der Waals surface area contributed by atoms with Crippen molar-refractivity contribution in [2.75, 3.05) is 6.54 Å². The summed E-state index contributed by atoms with van der Waals surface area (Å²) in [6.45, 7) is -0.193. The van der Waals surface area contributed by atoms with E-state index in [1.165, 1.54) is 0 Å². The van der Waals surface area contributed by atoms with Gasteiger partial charge in [-0.25, -0.2) is 4.84 Å². The Morgan fingerprint density at radius 3 is 2.09 bits per heavy atom. The first-order valence-corrected chi connectivity index (χ1v) is 3.61. The van der Waals surface area contributed by atoms with Gasteiger partial charge in [-0.3, -0.25) is 9.59 Å². The van der Waals surface area contributed by atoms with Gasteiger partial charge in [0.25, 0.3) is 0 Å². The van der Waals surface area contributed by atoms with Crippen LogP contribution in [0.2, 0.25) is 0 Å². The van der Waals surface area contributed by atoms with Gasteiger partial charge in [-0.15, -0.1) is 0 Å². The van der Waals surface area contributed by atoms with Gasteiger partial charge in [-0.2, -0.15) is 0 Å². The van der Waals surface area contributed by atoms with Crippen LogP contribution in [0.15, 0.2) is 0 Å². The molecule has 5 heteroatoms. The Morgan fingerprint density at radius 1 is 1.64 bits per heavy atom. The first kappa shape index (κ1) is 10.4. The molecule has 1 saturated carbocycles. The number of ketones is 1. The van der Waals surface area contributed by atoms with Gasteiger partial charge >= 0.3 is 5.97 Å². The van der Waals surface area contributed by atoms with Crippen molar-refractivity contribution in [2.24, 2.45) is 0 Å². The summed E-state index contributed by atoms with van der Waals surface area (Å²) in [5.41, 5.74) is 0. The zero-order valence-corrected chi connectivity index (χ0v) is 6.73. The summed E-state index contributed by atoms with van der Waals surface area (Å²) in [5.74, 6) is -0.519. The molecule has 0 radical (unpaired) electrons. The van der Waals surface area contributed by atoms with Gasteiger partial charge in [0.05, 0.1) is 0 Å². The third kappa shape index (κ3) is 7.29. The number of hydrogen-bond acceptors (Lipinski definition) is 3. The Kier molecular flexibility index (Phi) is 5.78. The lowest BCUT2D eigenvalue weighted by molar-refractivity contribution is -0.135. The third-order valence-electron chi connectivity index (χ3n) is 1.13. The quantitative estimate of drug-likeness (QED) is 0.608. The van der Waals surface area contributed by atoms with Gasteiger partial charge in [0.15, 0.2) is 0 Å². The lowest BCUT2D eigenvalue weighted by atomic mass is 9.99. The zero-order chi connectivity index (χ0) is 8.69. The number of halogens is 1. The van der Waals surface area contributed by atoms with Crippen LogP contribution < -0.4 is 4.84 Å². The molecule has 0 unspecified atom stereocenters. The molecular weight excluding hydrogens is 170 g/mol. The van der Waals surface area contributed by atoms with Crippen molar-refractivity contribution in [1.29, 1.82) is 0 Å². The van der Waals surface area contributed by atoms with E-state index in [1.807, 2.05) is 4.84 Å². The molecule has 0 aromatic carbocycles. The highest BCUT2D eigenvalue weighted by atomic mass is 35.5. The highest BCUT2D eigenvalue weighted by Gasteiger charge is 2.09. The SMILES string of the molecule is O=C(O)CNCl.O=C1CCC1. The van der Waals surface area contributed by atoms with Crippen molar-refractivity contribution in [3.8, 4) is 0 Å². The van der Waals surface area contributed by atoms with Crippen LogP contribution in [0.25, 0.3) is 0 Å². The molecule has 0 heterocycles. The molecule has 0 atom stereocenters. The van der Waals surface area contributed by atoms with Crippen LogP contribution in [0.1, 0.15) is 19.3 Å². The van der Waals surface area contributed by atoms with E-state index in [4.69, 9.17) is 16.9 Å². The molecular formula is C6H10ClNO3. The summed E-state index contributed by atoms with van der Waals surface area (Å²) in [6, 6.07) is 0. The fourth-order valence-electron chi connectivity index (χ4n) is 0.378. The average Bonchev–Trinajstić information content (AvgIpc) is 1.85. The molecule has 0 spiro atoms. The van der Waals surface area contributed by atoms with Gasteiger partial charge in [0.2, 0.25) is 0 Å². The van der Waals surface area contributed by atoms with Crippen molar-refractivity contribution >= 4 is 23.5 Å². The van der Waals surface area contributed by atoms with E-state index in [2.05, 4.69) is 0 Å². The minimum Gasteiger partial charge on any atom is -0.480 e. The molecule has 0 bridgehead atoms. The number of nitrogens with one attached hydrogen (secondary N) is 1. The maximum atomic E-state index is 9.90. The molecule has 0 aromatic heterocycles. The molecule has 0 aliphatic heterocycles. The molecule has 1 rings (SSSR count). The van der Waals surface area contributed by atoms with Crippen LogP contribution >= 0.6 is 11.8 Å². The molecule has 11 heavy (non-hydrogen) atoms. The van der Waals surface area contributed by atoms with E-state index >= 15 is 0 Å². The number of aliphatic carboxylic acids is 1. The Hall–Kier alpha value is -0.610. The second kappa shape index (κ2) is 6.12. The Balaban J connectivity index is 0.000000183. The van der Waals surface area contributed by atoms with E-state index in [-0.39, 0.29) is 6.54 Å². The second-order valence-electron chi connectivity index (χ2n) is 2.10. The minimum absolute atomic E-state index is 0.193. The number of carboxylic acids is 1. The molecule has 1 fully saturated rings. The van der Waals surface area contributed by atoms with Crippen LogP contribution in [0.5, 0.6) is 0 Å². The van der Waals surface area contributed by atoms with Crippen molar-refractivity contribution in [3.63, 3.8) is 0 Å². The topological polar surface area (TPSA) is 66.4 Å². The second-order valence-corrected chi connectivity index (χ2v) is 2.36. The van der Waals surface area contributed by atoms with Crippen LogP contribution in [-0.2, 0) is 9.59 Å². The predicted molar refractivity (Wildman–Crippen MR) is 40.3 cm³/mol. The van der Waals surface area contributed by atoms with E-state index in [1.54, 1.807) is 0 Å². The summed E-state index contributed by atoms with van der Waals surface area (Å²) >= 11 is 4.77. The van der Waals surface area contributed by atoms with Gasteiger partial charge < -0.3 is 5.11 Å². The first-order chi connectivity index (χ1) is 5.16. The maximum absolute atomic E-state index is 9.90. The van der Waals surface area contributed by atoms with Crippen molar-refractivity contribution in [1.82, 2.24) is 4.84 Å².